The Morgan fingerprint density at radius 3 is 2.29 bits per heavy atom. The summed E-state index contributed by atoms with van der Waals surface area (Å²) in [5, 5.41) is 0. The van der Waals surface area contributed by atoms with Gasteiger partial charge >= 0.3 is 0 Å². The van der Waals surface area contributed by atoms with Gasteiger partial charge in [-0.25, -0.2) is 0 Å². The summed E-state index contributed by atoms with van der Waals surface area (Å²) in [6, 6.07) is 0. The predicted octanol–water partition coefficient (Wildman–Crippen LogP) is 1.81. The maximum atomic E-state index is 3.12. The van der Waals surface area contributed by atoms with E-state index in [-0.39, 0.29) is 0 Å². The minimum Gasteiger partial charge on any atom is -0.101 e. The van der Waals surface area contributed by atoms with Crippen LogP contribution in [0.1, 0.15) is 26.7 Å². The molecular formula is C7H10. The maximum Gasteiger partial charge on any atom is 0.0392 e. The molecule has 1 aliphatic rings. The standard InChI is InChI=1S/C7H10/c1-3-7(2)5-4-6-7/h3,5H2,1-2H3. The molecule has 0 aromatic carbocycles. The van der Waals surface area contributed by atoms with Crippen LogP contribution in [0.15, 0.2) is 0 Å². The Balaban J connectivity index is 2.54. The molecule has 0 nitrogen and oxygen atoms in total. The van der Waals surface area contributed by atoms with E-state index < -0.39 is 0 Å². The Morgan fingerprint density at radius 2 is 2.29 bits per heavy atom. The number of hydrogen-bond acceptors (Lipinski definition) is 0. The van der Waals surface area contributed by atoms with Gasteiger partial charge in [0.1, 0.15) is 0 Å². The zero-order valence-electron chi connectivity index (χ0n) is 4.91. The van der Waals surface area contributed by atoms with Gasteiger partial charge in [-0.1, -0.05) is 12.8 Å². The van der Waals surface area contributed by atoms with Gasteiger partial charge in [-0.2, -0.15) is 0 Å². The molecule has 0 fully saturated rings. The second-order valence-corrected chi connectivity index (χ2v) is 2.39. The van der Waals surface area contributed by atoms with Crippen LogP contribution in [0.3, 0.4) is 0 Å². The van der Waals surface area contributed by atoms with Crippen molar-refractivity contribution in [3.63, 3.8) is 0 Å². The summed E-state index contributed by atoms with van der Waals surface area (Å²) >= 11 is 0. The number of hydrogen-bond donors (Lipinski definition) is 0. The summed E-state index contributed by atoms with van der Waals surface area (Å²) in [5.74, 6) is 6.12. The van der Waals surface area contributed by atoms with E-state index in [1.807, 2.05) is 0 Å². The zero-order valence-corrected chi connectivity index (χ0v) is 4.91. The Kier molecular flexibility index (Phi) is 0.852. The van der Waals surface area contributed by atoms with Crippen molar-refractivity contribution in [2.75, 3.05) is 0 Å². The van der Waals surface area contributed by atoms with Crippen molar-refractivity contribution in [1.29, 1.82) is 0 Å². The zero-order chi connectivity index (χ0) is 5.33. The van der Waals surface area contributed by atoms with Crippen LogP contribution in [0.4, 0.5) is 0 Å². The average molecular weight is 94.2 g/mol. The Bertz CT molecular complexity index is 125. The monoisotopic (exact) mass is 94.1 g/mol. The fourth-order valence-corrected chi connectivity index (χ4v) is 0.604. The molecule has 1 rings (SSSR count). The predicted molar refractivity (Wildman–Crippen MR) is 30.8 cm³/mol. The van der Waals surface area contributed by atoms with Gasteiger partial charge in [0.25, 0.3) is 0 Å². The summed E-state index contributed by atoms with van der Waals surface area (Å²) < 4.78 is 0. The van der Waals surface area contributed by atoms with Crippen molar-refractivity contribution in [3.8, 4) is 11.8 Å². The van der Waals surface area contributed by atoms with Crippen LogP contribution in [-0.2, 0) is 0 Å². The van der Waals surface area contributed by atoms with E-state index in [0.717, 1.165) is 6.42 Å². The summed E-state index contributed by atoms with van der Waals surface area (Å²) in [6.45, 7) is 4.40. The van der Waals surface area contributed by atoms with Crippen LogP contribution in [0.2, 0.25) is 0 Å². The van der Waals surface area contributed by atoms with Gasteiger partial charge in [0.05, 0.1) is 0 Å². The minimum absolute atomic E-state index is 0.403. The summed E-state index contributed by atoms with van der Waals surface area (Å²) in [5.41, 5.74) is 0.403. The SMILES string of the molecule is CCC1(C)C#CC1. The molecule has 0 aromatic rings. The van der Waals surface area contributed by atoms with Gasteiger partial charge in [-0.05, 0) is 13.3 Å². The molecule has 1 atom stereocenters. The Labute approximate surface area is 44.9 Å². The molecule has 1 unspecified atom stereocenters. The largest absolute Gasteiger partial charge is 0.101 e. The normalized spacial score (nSPS) is 35.7. The van der Waals surface area contributed by atoms with E-state index in [2.05, 4.69) is 25.7 Å². The van der Waals surface area contributed by atoms with E-state index in [0.29, 0.717) is 5.41 Å². The third kappa shape index (κ3) is 0.632. The molecule has 0 radical (unpaired) electrons. The molecule has 0 saturated carbocycles. The van der Waals surface area contributed by atoms with Crippen molar-refractivity contribution in [1.82, 2.24) is 0 Å². The molecule has 0 heterocycles. The van der Waals surface area contributed by atoms with Crippen LogP contribution < -0.4 is 0 Å². The van der Waals surface area contributed by atoms with Crippen LogP contribution >= 0.6 is 0 Å². The van der Waals surface area contributed by atoms with Gasteiger partial charge in [-0.3, -0.25) is 0 Å². The minimum atomic E-state index is 0.403. The third-order valence-corrected chi connectivity index (χ3v) is 1.65. The first-order chi connectivity index (χ1) is 3.27. The third-order valence-electron chi connectivity index (χ3n) is 1.65. The van der Waals surface area contributed by atoms with Gasteiger partial charge in [0, 0.05) is 11.8 Å². The second kappa shape index (κ2) is 1.26. The Morgan fingerprint density at radius 1 is 1.71 bits per heavy atom. The van der Waals surface area contributed by atoms with Crippen molar-refractivity contribution >= 4 is 0 Å². The fourth-order valence-electron chi connectivity index (χ4n) is 0.604. The molecular weight excluding hydrogens is 84.1 g/mol. The maximum absolute atomic E-state index is 3.12. The summed E-state index contributed by atoms with van der Waals surface area (Å²) in [7, 11) is 0. The molecule has 0 N–H and O–H groups in total. The van der Waals surface area contributed by atoms with Gasteiger partial charge in [-0.15, -0.1) is 5.92 Å². The lowest BCUT2D eigenvalue weighted by Crippen LogP contribution is -2.17. The van der Waals surface area contributed by atoms with E-state index in [1.54, 1.807) is 0 Å². The first kappa shape index (κ1) is 4.71. The topological polar surface area (TPSA) is 0 Å². The molecule has 0 heteroatoms. The van der Waals surface area contributed by atoms with Gasteiger partial charge in [0.15, 0.2) is 0 Å². The molecule has 0 spiro atoms. The first-order valence-electron chi connectivity index (χ1n) is 2.77. The van der Waals surface area contributed by atoms with E-state index in [9.17, 15) is 0 Å². The molecule has 1 aliphatic carbocycles. The lowest BCUT2D eigenvalue weighted by atomic mass is 9.79. The fraction of sp³-hybridized carbons (Fsp3) is 0.714. The molecule has 0 amide bonds. The van der Waals surface area contributed by atoms with Crippen LogP contribution in [-0.4, -0.2) is 0 Å². The lowest BCUT2D eigenvalue weighted by molar-refractivity contribution is 0.420. The molecule has 0 saturated heterocycles. The van der Waals surface area contributed by atoms with Crippen molar-refractivity contribution in [2.45, 2.75) is 26.7 Å². The second-order valence-electron chi connectivity index (χ2n) is 2.39. The van der Waals surface area contributed by atoms with Crippen molar-refractivity contribution < 1.29 is 0 Å². The highest BCUT2D eigenvalue weighted by Gasteiger charge is 2.22. The molecule has 0 aliphatic heterocycles. The number of rotatable bonds is 1. The highest BCUT2D eigenvalue weighted by Crippen LogP contribution is 2.29. The van der Waals surface area contributed by atoms with Crippen LogP contribution in [0, 0.1) is 17.3 Å². The molecule has 38 valence electrons. The van der Waals surface area contributed by atoms with E-state index >= 15 is 0 Å². The smallest absolute Gasteiger partial charge is 0.0392 e. The highest BCUT2D eigenvalue weighted by molar-refractivity contribution is 5.23. The summed E-state index contributed by atoms with van der Waals surface area (Å²) in [6.07, 6.45) is 2.32. The highest BCUT2D eigenvalue weighted by atomic mass is 14.2. The van der Waals surface area contributed by atoms with E-state index in [4.69, 9.17) is 0 Å². The first-order valence-corrected chi connectivity index (χ1v) is 2.77. The lowest BCUT2D eigenvalue weighted by Gasteiger charge is -2.23. The van der Waals surface area contributed by atoms with Crippen LogP contribution in [0.25, 0.3) is 0 Å². The average Bonchev–Trinajstić information content (AvgIpc) is 1.61. The molecule has 0 bridgehead atoms. The quantitative estimate of drug-likeness (QED) is 0.435. The molecule has 7 heavy (non-hydrogen) atoms. The van der Waals surface area contributed by atoms with Gasteiger partial charge in [0.2, 0.25) is 0 Å². The van der Waals surface area contributed by atoms with Crippen molar-refractivity contribution in [2.24, 2.45) is 5.41 Å². The molecule has 0 aromatic heterocycles. The van der Waals surface area contributed by atoms with Crippen molar-refractivity contribution in [3.05, 3.63) is 0 Å². The van der Waals surface area contributed by atoms with Gasteiger partial charge < -0.3 is 0 Å². The summed E-state index contributed by atoms with van der Waals surface area (Å²) in [4.78, 5) is 0. The van der Waals surface area contributed by atoms with Crippen LogP contribution in [0.5, 0.6) is 0 Å². The van der Waals surface area contributed by atoms with E-state index in [1.165, 1.54) is 6.42 Å². The Hall–Kier alpha value is -0.440.